The van der Waals surface area contributed by atoms with Gasteiger partial charge in [-0.2, -0.15) is 0 Å². The van der Waals surface area contributed by atoms with Gasteiger partial charge < -0.3 is 15.4 Å². The summed E-state index contributed by atoms with van der Waals surface area (Å²) in [5.41, 5.74) is 5.49. The topological polar surface area (TPSA) is 55.6 Å². The number of carbonyl (C=O) groups is 1. The molecule has 104 valence electrons. The van der Waals surface area contributed by atoms with Crippen molar-refractivity contribution in [2.24, 2.45) is 17.6 Å². The molecule has 4 heteroatoms. The van der Waals surface area contributed by atoms with Gasteiger partial charge in [0.05, 0.1) is 0 Å². The summed E-state index contributed by atoms with van der Waals surface area (Å²) in [4.78, 5) is 13.9. The Labute approximate surface area is 110 Å². The van der Waals surface area contributed by atoms with Gasteiger partial charge in [-0.25, -0.2) is 4.79 Å². The number of nitrogens with two attached hydrogens (primary N) is 1. The second-order valence-electron chi connectivity index (χ2n) is 6.62. The fourth-order valence-electron chi connectivity index (χ4n) is 2.93. The first-order chi connectivity index (χ1) is 8.42. The molecule has 2 N–H and O–H groups in total. The lowest BCUT2D eigenvalue weighted by Gasteiger charge is -2.49. The molecule has 4 nitrogen and oxygen atoms in total. The standard InChI is InChI=1S/C14H26N2O2/c1-14(2,3)18-13(17)16-8-7-12(16)11(9-15)10-5-4-6-10/h10-12H,4-9,15H2,1-3H3. The summed E-state index contributed by atoms with van der Waals surface area (Å²) in [7, 11) is 0. The lowest BCUT2D eigenvalue weighted by Crippen LogP contribution is -2.59. The normalized spacial score (nSPS) is 26.2. The number of likely N-dealkylation sites (tertiary alicyclic amines) is 1. The maximum absolute atomic E-state index is 12.1. The summed E-state index contributed by atoms with van der Waals surface area (Å²) in [6.45, 7) is 7.24. The molecule has 2 unspecified atom stereocenters. The van der Waals surface area contributed by atoms with Crippen LogP contribution in [0.15, 0.2) is 0 Å². The van der Waals surface area contributed by atoms with E-state index in [2.05, 4.69) is 0 Å². The predicted molar refractivity (Wildman–Crippen MR) is 71.2 cm³/mol. The van der Waals surface area contributed by atoms with Crippen LogP contribution in [0.4, 0.5) is 4.79 Å². The summed E-state index contributed by atoms with van der Waals surface area (Å²) >= 11 is 0. The zero-order chi connectivity index (χ0) is 13.3. The van der Waals surface area contributed by atoms with Gasteiger partial charge in [0.1, 0.15) is 5.60 Å². The Morgan fingerprint density at radius 3 is 2.39 bits per heavy atom. The Morgan fingerprint density at radius 2 is 2.06 bits per heavy atom. The highest BCUT2D eigenvalue weighted by Crippen LogP contribution is 2.39. The van der Waals surface area contributed by atoms with E-state index in [1.807, 2.05) is 25.7 Å². The molecule has 2 atom stereocenters. The molecular formula is C14H26N2O2. The molecule has 1 heterocycles. The van der Waals surface area contributed by atoms with Gasteiger partial charge >= 0.3 is 6.09 Å². The molecule has 1 aliphatic heterocycles. The zero-order valence-corrected chi connectivity index (χ0v) is 11.8. The number of amides is 1. The molecule has 2 rings (SSSR count). The van der Waals surface area contributed by atoms with Gasteiger partial charge in [0, 0.05) is 12.6 Å². The van der Waals surface area contributed by atoms with Crippen molar-refractivity contribution in [2.75, 3.05) is 13.1 Å². The monoisotopic (exact) mass is 254 g/mol. The summed E-state index contributed by atoms with van der Waals surface area (Å²) < 4.78 is 5.44. The van der Waals surface area contributed by atoms with E-state index in [0.29, 0.717) is 18.5 Å². The van der Waals surface area contributed by atoms with E-state index in [1.54, 1.807) is 0 Å². The van der Waals surface area contributed by atoms with Crippen molar-refractivity contribution in [3.63, 3.8) is 0 Å². The van der Waals surface area contributed by atoms with Gasteiger partial charge in [0.25, 0.3) is 0 Å². The van der Waals surface area contributed by atoms with E-state index in [1.165, 1.54) is 19.3 Å². The van der Waals surface area contributed by atoms with Crippen LogP contribution in [0.2, 0.25) is 0 Å². The molecule has 0 radical (unpaired) electrons. The van der Waals surface area contributed by atoms with Gasteiger partial charge in [-0.15, -0.1) is 0 Å². The van der Waals surface area contributed by atoms with Crippen LogP contribution < -0.4 is 5.73 Å². The SMILES string of the molecule is CC(C)(C)OC(=O)N1CCC1C(CN)C1CCC1. The quantitative estimate of drug-likeness (QED) is 0.841. The number of rotatable bonds is 3. The smallest absolute Gasteiger partial charge is 0.410 e. The first-order valence-electron chi connectivity index (χ1n) is 7.12. The largest absolute Gasteiger partial charge is 0.444 e. The van der Waals surface area contributed by atoms with Crippen molar-refractivity contribution in [3.05, 3.63) is 0 Å². The molecule has 2 fully saturated rings. The number of carbonyl (C=O) groups excluding carboxylic acids is 1. The van der Waals surface area contributed by atoms with E-state index in [4.69, 9.17) is 10.5 Å². The fourth-order valence-corrected chi connectivity index (χ4v) is 2.93. The first kappa shape index (κ1) is 13.7. The number of ether oxygens (including phenoxy) is 1. The van der Waals surface area contributed by atoms with Crippen LogP contribution in [0, 0.1) is 11.8 Å². The van der Waals surface area contributed by atoms with E-state index < -0.39 is 5.60 Å². The van der Waals surface area contributed by atoms with E-state index in [0.717, 1.165) is 18.9 Å². The Balaban J connectivity index is 1.92. The average Bonchev–Trinajstić information content (AvgIpc) is 2.08. The number of hydrogen-bond acceptors (Lipinski definition) is 3. The molecule has 1 saturated heterocycles. The molecule has 18 heavy (non-hydrogen) atoms. The Hall–Kier alpha value is -0.770. The molecule has 0 aromatic rings. The summed E-state index contributed by atoms with van der Waals surface area (Å²) in [6.07, 6.45) is 4.79. The van der Waals surface area contributed by atoms with Crippen molar-refractivity contribution < 1.29 is 9.53 Å². The van der Waals surface area contributed by atoms with Gasteiger partial charge in [-0.1, -0.05) is 19.3 Å². The second kappa shape index (κ2) is 5.08. The Kier molecular flexibility index (Phi) is 3.85. The maximum Gasteiger partial charge on any atom is 0.410 e. The number of hydrogen-bond donors (Lipinski definition) is 1. The highest BCUT2D eigenvalue weighted by Gasteiger charge is 2.43. The van der Waals surface area contributed by atoms with Gasteiger partial charge in [-0.3, -0.25) is 0 Å². The summed E-state index contributed by atoms with van der Waals surface area (Å²) in [5, 5.41) is 0. The van der Waals surface area contributed by atoms with Crippen molar-refractivity contribution in [1.82, 2.24) is 4.90 Å². The molecule has 1 saturated carbocycles. The Morgan fingerprint density at radius 1 is 1.39 bits per heavy atom. The van der Waals surface area contributed by atoms with E-state index in [9.17, 15) is 4.79 Å². The maximum atomic E-state index is 12.1. The summed E-state index contributed by atoms with van der Waals surface area (Å²) in [6, 6.07) is 0.315. The summed E-state index contributed by atoms with van der Waals surface area (Å²) in [5.74, 6) is 1.20. The van der Waals surface area contributed by atoms with Gasteiger partial charge in [0.2, 0.25) is 0 Å². The van der Waals surface area contributed by atoms with Crippen molar-refractivity contribution in [3.8, 4) is 0 Å². The number of nitrogens with zero attached hydrogens (tertiary/aromatic N) is 1. The minimum Gasteiger partial charge on any atom is -0.444 e. The third-order valence-electron chi connectivity index (χ3n) is 4.22. The molecule has 0 aromatic heterocycles. The van der Waals surface area contributed by atoms with Crippen LogP contribution in [0.1, 0.15) is 46.5 Å². The molecule has 0 spiro atoms. The van der Waals surface area contributed by atoms with E-state index in [-0.39, 0.29) is 6.09 Å². The molecule has 1 amide bonds. The molecular weight excluding hydrogens is 228 g/mol. The fraction of sp³-hybridized carbons (Fsp3) is 0.929. The third-order valence-corrected chi connectivity index (χ3v) is 4.22. The molecule has 1 aliphatic carbocycles. The predicted octanol–water partition coefficient (Wildman–Crippen LogP) is 2.37. The van der Waals surface area contributed by atoms with Crippen LogP contribution in [0.5, 0.6) is 0 Å². The first-order valence-corrected chi connectivity index (χ1v) is 7.12. The molecule has 0 aromatic carbocycles. The minimum atomic E-state index is -0.411. The average molecular weight is 254 g/mol. The Bertz CT molecular complexity index is 307. The highest BCUT2D eigenvalue weighted by atomic mass is 16.6. The van der Waals surface area contributed by atoms with Crippen LogP contribution in [0.25, 0.3) is 0 Å². The second-order valence-corrected chi connectivity index (χ2v) is 6.62. The van der Waals surface area contributed by atoms with Crippen LogP contribution in [0.3, 0.4) is 0 Å². The van der Waals surface area contributed by atoms with Crippen molar-refractivity contribution >= 4 is 6.09 Å². The van der Waals surface area contributed by atoms with Crippen LogP contribution >= 0.6 is 0 Å². The van der Waals surface area contributed by atoms with Crippen molar-refractivity contribution in [2.45, 2.75) is 58.1 Å². The lowest BCUT2D eigenvalue weighted by molar-refractivity contribution is -0.0300. The van der Waals surface area contributed by atoms with Crippen LogP contribution in [-0.2, 0) is 4.74 Å². The van der Waals surface area contributed by atoms with Gasteiger partial charge in [0.15, 0.2) is 0 Å². The van der Waals surface area contributed by atoms with Gasteiger partial charge in [-0.05, 0) is 45.6 Å². The molecule has 2 aliphatic rings. The van der Waals surface area contributed by atoms with Crippen molar-refractivity contribution in [1.29, 1.82) is 0 Å². The van der Waals surface area contributed by atoms with E-state index >= 15 is 0 Å². The minimum absolute atomic E-state index is 0.170. The highest BCUT2D eigenvalue weighted by molar-refractivity contribution is 5.69. The molecule has 0 bridgehead atoms. The third kappa shape index (κ3) is 2.79. The lowest BCUT2D eigenvalue weighted by atomic mass is 9.70. The zero-order valence-electron chi connectivity index (χ0n) is 11.8. The van der Waals surface area contributed by atoms with Crippen LogP contribution in [-0.4, -0.2) is 35.7 Å².